The number of halogens is 1. The summed E-state index contributed by atoms with van der Waals surface area (Å²) < 4.78 is 20.0. The molecule has 1 aliphatic heterocycles. The number of aromatic nitrogens is 2. The predicted octanol–water partition coefficient (Wildman–Crippen LogP) is 2.50. The summed E-state index contributed by atoms with van der Waals surface area (Å²) in [4.78, 5) is 29.9. The minimum absolute atomic E-state index is 0.0481. The van der Waals surface area contributed by atoms with Crippen LogP contribution in [0.5, 0.6) is 0 Å². The SMILES string of the molecule is O=C(NCc1nc2ccccc2c(=O)n1-c1ccc(F)cc1)NC1CCOCC1. The van der Waals surface area contributed by atoms with E-state index in [9.17, 15) is 14.0 Å². The van der Waals surface area contributed by atoms with E-state index in [4.69, 9.17) is 4.74 Å². The summed E-state index contributed by atoms with van der Waals surface area (Å²) in [6.07, 6.45) is 1.53. The number of urea groups is 1. The third-order valence-electron chi connectivity index (χ3n) is 4.89. The van der Waals surface area contributed by atoms with Gasteiger partial charge in [-0.15, -0.1) is 0 Å². The molecule has 2 aromatic carbocycles. The number of fused-ring (bicyclic) bond motifs is 1. The molecule has 1 aromatic heterocycles. The molecule has 0 atom stereocenters. The number of rotatable bonds is 4. The van der Waals surface area contributed by atoms with Crippen LogP contribution < -0.4 is 16.2 Å². The van der Waals surface area contributed by atoms with Gasteiger partial charge in [-0.25, -0.2) is 14.2 Å². The number of para-hydroxylation sites is 1. The van der Waals surface area contributed by atoms with Crippen molar-refractivity contribution in [3.8, 4) is 5.69 Å². The van der Waals surface area contributed by atoms with Crippen LogP contribution in [-0.2, 0) is 11.3 Å². The molecule has 4 rings (SSSR count). The first kappa shape index (κ1) is 19.1. The zero-order chi connectivity index (χ0) is 20.2. The molecule has 7 nitrogen and oxygen atoms in total. The highest BCUT2D eigenvalue weighted by Crippen LogP contribution is 2.14. The number of ether oxygens (including phenoxy) is 1. The van der Waals surface area contributed by atoms with Gasteiger partial charge in [0.15, 0.2) is 0 Å². The van der Waals surface area contributed by atoms with Crippen LogP contribution >= 0.6 is 0 Å². The Hall–Kier alpha value is -3.26. The average molecular weight is 396 g/mol. The van der Waals surface area contributed by atoms with Crippen molar-refractivity contribution in [2.75, 3.05) is 13.2 Å². The molecule has 29 heavy (non-hydrogen) atoms. The van der Waals surface area contributed by atoms with E-state index in [0.29, 0.717) is 35.6 Å². The second-order valence-corrected chi connectivity index (χ2v) is 6.88. The highest BCUT2D eigenvalue weighted by Gasteiger charge is 2.17. The lowest BCUT2D eigenvalue weighted by atomic mass is 10.1. The summed E-state index contributed by atoms with van der Waals surface area (Å²) in [6.45, 7) is 1.30. The third kappa shape index (κ3) is 4.27. The van der Waals surface area contributed by atoms with E-state index in [2.05, 4.69) is 15.6 Å². The number of carbonyl (C=O) groups is 1. The first-order valence-corrected chi connectivity index (χ1v) is 9.50. The van der Waals surface area contributed by atoms with E-state index in [1.165, 1.54) is 28.8 Å². The van der Waals surface area contributed by atoms with Gasteiger partial charge in [0.25, 0.3) is 5.56 Å². The van der Waals surface area contributed by atoms with E-state index in [1.54, 1.807) is 24.3 Å². The van der Waals surface area contributed by atoms with Crippen LogP contribution in [0.2, 0.25) is 0 Å². The Bertz CT molecular complexity index is 1080. The summed E-state index contributed by atoms with van der Waals surface area (Å²) >= 11 is 0. The number of hydrogen-bond donors (Lipinski definition) is 2. The molecule has 1 saturated heterocycles. The van der Waals surface area contributed by atoms with E-state index < -0.39 is 5.82 Å². The molecule has 0 saturated carbocycles. The fourth-order valence-corrected chi connectivity index (χ4v) is 3.39. The zero-order valence-electron chi connectivity index (χ0n) is 15.7. The van der Waals surface area contributed by atoms with Crippen molar-refractivity contribution in [3.63, 3.8) is 0 Å². The van der Waals surface area contributed by atoms with Crippen molar-refractivity contribution in [2.24, 2.45) is 0 Å². The van der Waals surface area contributed by atoms with Gasteiger partial charge in [0, 0.05) is 19.3 Å². The maximum atomic E-state index is 13.4. The molecule has 0 radical (unpaired) electrons. The first-order valence-electron chi connectivity index (χ1n) is 9.50. The van der Waals surface area contributed by atoms with Gasteiger partial charge in [-0.3, -0.25) is 9.36 Å². The van der Waals surface area contributed by atoms with E-state index in [1.807, 2.05) is 0 Å². The molecule has 1 aliphatic rings. The maximum Gasteiger partial charge on any atom is 0.315 e. The molecular formula is C21H21FN4O3. The molecule has 0 bridgehead atoms. The highest BCUT2D eigenvalue weighted by molar-refractivity contribution is 5.78. The minimum atomic E-state index is -0.397. The molecule has 0 unspecified atom stereocenters. The predicted molar refractivity (Wildman–Crippen MR) is 107 cm³/mol. The van der Waals surface area contributed by atoms with Crippen LogP contribution in [0.15, 0.2) is 53.3 Å². The summed E-state index contributed by atoms with van der Waals surface area (Å²) in [7, 11) is 0. The molecule has 0 aliphatic carbocycles. The molecule has 0 spiro atoms. The fourth-order valence-electron chi connectivity index (χ4n) is 3.39. The van der Waals surface area contributed by atoms with Crippen molar-refractivity contribution in [1.29, 1.82) is 0 Å². The maximum absolute atomic E-state index is 13.4. The molecule has 1 fully saturated rings. The summed E-state index contributed by atoms with van der Waals surface area (Å²) in [6, 6.07) is 12.3. The van der Waals surface area contributed by atoms with Crippen molar-refractivity contribution >= 4 is 16.9 Å². The normalized spacial score (nSPS) is 14.7. The Kier molecular flexibility index (Phi) is 5.53. The molecule has 8 heteroatoms. The van der Waals surface area contributed by atoms with Crippen molar-refractivity contribution < 1.29 is 13.9 Å². The topological polar surface area (TPSA) is 85.2 Å². The number of nitrogens with one attached hydrogen (secondary N) is 2. The Morgan fingerprint density at radius 1 is 1.14 bits per heavy atom. The van der Waals surface area contributed by atoms with Crippen molar-refractivity contribution in [3.05, 3.63) is 70.5 Å². The minimum Gasteiger partial charge on any atom is -0.381 e. The van der Waals surface area contributed by atoms with Crippen molar-refractivity contribution in [1.82, 2.24) is 20.2 Å². The van der Waals surface area contributed by atoms with Crippen LogP contribution in [0.4, 0.5) is 9.18 Å². The van der Waals surface area contributed by atoms with Crippen LogP contribution in [0.3, 0.4) is 0 Å². The zero-order valence-corrected chi connectivity index (χ0v) is 15.7. The summed E-state index contributed by atoms with van der Waals surface area (Å²) in [5.41, 5.74) is 0.748. The Balaban J connectivity index is 1.63. The summed E-state index contributed by atoms with van der Waals surface area (Å²) in [5.74, 6) is -0.0338. The largest absolute Gasteiger partial charge is 0.381 e. The Morgan fingerprint density at radius 3 is 2.62 bits per heavy atom. The number of benzene rings is 2. The lowest BCUT2D eigenvalue weighted by Crippen LogP contribution is -2.44. The van der Waals surface area contributed by atoms with Gasteiger partial charge in [0.1, 0.15) is 11.6 Å². The van der Waals surface area contributed by atoms with Gasteiger partial charge < -0.3 is 15.4 Å². The standard InChI is InChI=1S/C21H21FN4O3/c22-14-5-7-16(8-6-14)26-19(25-18-4-2-1-3-17(18)20(26)27)13-23-21(28)24-15-9-11-29-12-10-15/h1-8,15H,9-13H2,(H2,23,24,28). The smallest absolute Gasteiger partial charge is 0.315 e. The number of amides is 2. The fraction of sp³-hybridized carbons (Fsp3) is 0.286. The molecule has 2 heterocycles. The van der Waals surface area contributed by atoms with E-state index in [0.717, 1.165) is 12.8 Å². The second kappa shape index (κ2) is 8.40. The third-order valence-corrected chi connectivity index (χ3v) is 4.89. The van der Waals surface area contributed by atoms with Gasteiger partial charge in [0.05, 0.1) is 23.1 Å². The molecular weight excluding hydrogens is 375 g/mol. The Labute approximate surface area is 166 Å². The Morgan fingerprint density at radius 2 is 1.86 bits per heavy atom. The number of hydrogen-bond acceptors (Lipinski definition) is 4. The molecule has 3 aromatic rings. The quantitative estimate of drug-likeness (QED) is 0.710. The first-order chi connectivity index (χ1) is 14.1. The molecule has 150 valence electrons. The summed E-state index contributed by atoms with van der Waals surface area (Å²) in [5, 5.41) is 6.14. The lowest BCUT2D eigenvalue weighted by Gasteiger charge is -2.23. The van der Waals surface area contributed by atoms with Gasteiger partial charge >= 0.3 is 6.03 Å². The molecule has 2 N–H and O–H groups in total. The molecule has 2 amide bonds. The number of nitrogens with zero attached hydrogens (tertiary/aromatic N) is 2. The van der Waals surface area contributed by atoms with Gasteiger partial charge in [-0.2, -0.15) is 0 Å². The van der Waals surface area contributed by atoms with E-state index >= 15 is 0 Å². The van der Waals surface area contributed by atoms with Crippen LogP contribution in [0.1, 0.15) is 18.7 Å². The van der Waals surface area contributed by atoms with Crippen LogP contribution in [0, 0.1) is 5.82 Å². The van der Waals surface area contributed by atoms with Crippen molar-refractivity contribution in [2.45, 2.75) is 25.4 Å². The number of carbonyl (C=O) groups excluding carboxylic acids is 1. The van der Waals surface area contributed by atoms with Gasteiger partial charge in [0.2, 0.25) is 0 Å². The average Bonchev–Trinajstić information content (AvgIpc) is 2.74. The van der Waals surface area contributed by atoms with Gasteiger partial charge in [-0.05, 0) is 49.2 Å². The van der Waals surface area contributed by atoms with Gasteiger partial charge in [-0.1, -0.05) is 12.1 Å². The second-order valence-electron chi connectivity index (χ2n) is 6.88. The van der Waals surface area contributed by atoms with Crippen LogP contribution in [-0.4, -0.2) is 34.8 Å². The van der Waals surface area contributed by atoms with E-state index in [-0.39, 0.29) is 24.2 Å². The lowest BCUT2D eigenvalue weighted by molar-refractivity contribution is 0.0800. The monoisotopic (exact) mass is 396 g/mol. The van der Waals surface area contributed by atoms with Crippen LogP contribution in [0.25, 0.3) is 16.6 Å². The highest BCUT2D eigenvalue weighted by atomic mass is 19.1.